The van der Waals surface area contributed by atoms with E-state index in [0.717, 1.165) is 48.9 Å². The molecular weight excluding hydrogens is 390 g/mol. The minimum Gasteiger partial charge on any atom is -0.474 e. The van der Waals surface area contributed by atoms with Gasteiger partial charge in [0.1, 0.15) is 22.9 Å². The van der Waals surface area contributed by atoms with E-state index in [1.54, 1.807) is 17.5 Å². The molecule has 3 aromatic heterocycles. The van der Waals surface area contributed by atoms with Gasteiger partial charge in [-0.3, -0.25) is 0 Å². The number of nitrogens with one attached hydrogen (secondary N) is 1. The van der Waals surface area contributed by atoms with Gasteiger partial charge in [0.05, 0.1) is 24.8 Å². The molecule has 8 nitrogen and oxygen atoms in total. The Hall–Kier alpha value is -2.23. The van der Waals surface area contributed by atoms with Gasteiger partial charge in [-0.25, -0.2) is 4.98 Å². The van der Waals surface area contributed by atoms with Crippen molar-refractivity contribution in [2.45, 2.75) is 50.9 Å². The third kappa shape index (κ3) is 3.82. The summed E-state index contributed by atoms with van der Waals surface area (Å²) in [5.41, 5.74) is 2.00. The molecule has 9 heteroatoms. The van der Waals surface area contributed by atoms with Crippen LogP contribution in [0.1, 0.15) is 36.1 Å². The summed E-state index contributed by atoms with van der Waals surface area (Å²) >= 11 is 1.67. The Morgan fingerprint density at radius 3 is 2.83 bits per heavy atom. The third-order valence-electron chi connectivity index (χ3n) is 5.77. The average Bonchev–Trinajstić information content (AvgIpc) is 3.35. The number of nitrogens with zero attached hydrogens (tertiary/aromatic N) is 4. The summed E-state index contributed by atoms with van der Waals surface area (Å²) in [5, 5.41) is 7.95. The normalized spacial score (nSPS) is 22.0. The Bertz CT molecular complexity index is 980. The van der Waals surface area contributed by atoms with Crippen molar-refractivity contribution >= 4 is 33.2 Å². The predicted octanol–water partition coefficient (Wildman–Crippen LogP) is 3.75. The van der Waals surface area contributed by atoms with Crippen LogP contribution in [0.25, 0.3) is 10.2 Å². The summed E-state index contributed by atoms with van der Waals surface area (Å²) in [6, 6.07) is 0.636. The molecule has 2 aliphatic rings. The lowest BCUT2D eigenvalue weighted by molar-refractivity contribution is 0.108. The summed E-state index contributed by atoms with van der Waals surface area (Å²) in [6.45, 7) is 1.37. The van der Waals surface area contributed by atoms with E-state index in [4.69, 9.17) is 24.0 Å². The van der Waals surface area contributed by atoms with E-state index in [9.17, 15) is 0 Å². The van der Waals surface area contributed by atoms with Crippen molar-refractivity contribution in [2.24, 2.45) is 0 Å². The van der Waals surface area contributed by atoms with Gasteiger partial charge >= 0.3 is 0 Å². The SMILES string of the molecule is CN(C)C1CCC(Oc2nc(Nc3cnoc3)nc3sc4c(c23)CCOC4)CC1. The first-order valence-corrected chi connectivity index (χ1v) is 10.9. The maximum Gasteiger partial charge on any atom is 0.232 e. The van der Waals surface area contributed by atoms with Gasteiger partial charge in [-0.2, -0.15) is 4.98 Å². The van der Waals surface area contributed by atoms with E-state index < -0.39 is 0 Å². The van der Waals surface area contributed by atoms with Crippen molar-refractivity contribution in [2.75, 3.05) is 26.0 Å². The summed E-state index contributed by atoms with van der Waals surface area (Å²) in [5.74, 6) is 1.18. The molecule has 29 heavy (non-hydrogen) atoms. The smallest absolute Gasteiger partial charge is 0.232 e. The number of aromatic nitrogens is 3. The maximum atomic E-state index is 6.50. The van der Waals surface area contributed by atoms with E-state index in [-0.39, 0.29) is 6.10 Å². The van der Waals surface area contributed by atoms with Crippen LogP contribution >= 0.6 is 11.3 Å². The maximum absolute atomic E-state index is 6.50. The van der Waals surface area contributed by atoms with Gasteiger partial charge in [-0.05, 0) is 51.8 Å². The number of hydrogen-bond donors (Lipinski definition) is 1. The monoisotopic (exact) mass is 415 g/mol. The molecule has 0 saturated heterocycles. The zero-order valence-corrected chi connectivity index (χ0v) is 17.5. The second-order valence-electron chi connectivity index (χ2n) is 7.89. The highest BCUT2D eigenvalue weighted by Gasteiger charge is 2.27. The van der Waals surface area contributed by atoms with Crippen molar-refractivity contribution in [3.05, 3.63) is 22.9 Å². The number of thiophene rings is 1. The first kappa shape index (κ1) is 18.8. The Kier molecular flexibility index (Phi) is 5.11. The average molecular weight is 416 g/mol. The van der Waals surface area contributed by atoms with Crippen LogP contribution in [0.15, 0.2) is 17.0 Å². The third-order valence-corrected chi connectivity index (χ3v) is 6.87. The van der Waals surface area contributed by atoms with E-state index in [1.165, 1.54) is 16.7 Å². The fourth-order valence-corrected chi connectivity index (χ4v) is 5.31. The first-order valence-electron chi connectivity index (χ1n) is 10.1. The van der Waals surface area contributed by atoms with E-state index in [1.807, 2.05) is 0 Å². The number of hydrogen-bond acceptors (Lipinski definition) is 9. The Morgan fingerprint density at radius 1 is 1.21 bits per heavy atom. The highest BCUT2D eigenvalue weighted by atomic mass is 32.1. The quantitative estimate of drug-likeness (QED) is 0.674. The molecule has 0 unspecified atom stereocenters. The molecule has 1 saturated carbocycles. The number of anilines is 2. The van der Waals surface area contributed by atoms with Crippen molar-refractivity contribution in [3.8, 4) is 5.88 Å². The molecule has 1 aliphatic carbocycles. The zero-order chi connectivity index (χ0) is 19.8. The van der Waals surface area contributed by atoms with Gasteiger partial charge in [0.15, 0.2) is 0 Å². The van der Waals surface area contributed by atoms with Gasteiger partial charge in [0.25, 0.3) is 0 Å². The lowest BCUT2D eigenvalue weighted by Gasteiger charge is -2.32. The summed E-state index contributed by atoms with van der Waals surface area (Å²) in [4.78, 5) is 14.0. The lowest BCUT2D eigenvalue weighted by Crippen LogP contribution is -2.35. The highest BCUT2D eigenvalue weighted by Crippen LogP contribution is 2.40. The van der Waals surface area contributed by atoms with Crippen LogP contribution in [-0.2, 0) is 17.8 Å². The van der Waals surface area contributed by atoms with E-state index in [2.05, 4.69) is 29.5 Å². The van der Waals surface area contributed by atoms with Crippen molar-refractivity contribution in [1.29, 1.82) is 0 Å². The molecule has 0 amide bonds. The van der Waals surface area contributed by atoms with Crippen LogP contribution in [0, 0.1) is 0 Å². The summed E-state index contributed by atoms with van der Waals surface area (Å²) in [6.07, 6.45) is 8.56. The van der Waals surface area contributed by atoms with Crippen LogP contribution in [0.3, 0.4) is 0 Å². The number of fused-ring (bicyclic) bond motifs is 3. The molecule has 154 valence electrons. The molecule has 0 atom stereocenters. The minimum absolute atomic E-state index is 0.183. The molecule has 1 aliphatic heterocycles. The van der Waals surface area contributed by atoms with Crippen molar-refractivity contribution < 1.29 is 14.0 Å². The van der Waals surface area contributed by atoms with E-state index >= 15 is 0 Å². The topological polar surface area (TPSA) is 85.5 Å². The molecule has 3 aromatic rings. The molecule has 0 spiro atoms. The lowest BCUT2D eigenvalue weighted by atomic mass is 9.92. The van der Waals surface area contributed by atoms with Gasteiger partial charge in [-0.1, -0.05) is 5.16 Å². The fourth-order valence-electron chi connectivity index (χ4n) is 4.16. The molecule has 5 rings (SSSR count). The van der Waals surface area contributed by atoms with Gasteiger partial charge in [-0.15, -0.1) is 11.3 Å². The fraction of sp³-hybridized carbons (Fsp3) is 0.550. The second-order valence-corrected chi connectivity index (χ2v) is 8.97. The van der Waals surface area contributed by atoms with Gasteiger partial charge in [0, 0.05) is 10.9 Å². The summed E-state index contributed by atoms with van der Waals surface area (Å²) in [7, 11) is 4.31. The predicted molar refractivity (Wildman–Crippen MR) is 111 cm³/mol. The molecule has 1 fully saturated rings. The molecule has 0 bridgehead atoms. The van der Waals surface area contributed by atoms with Crippen molar-refractivity contribution in [1.82, 2.24) is 20.0 Å². The van der Waals surface area contributed by atoms with Gasteiger partial charge in [0.2, 0.25) is 11.8 Å². The number of ether oxygens (including phenoxy) is 2. The standard InChI is InChI=1S/C20H25N5O3S/c1-25(2)13-3-5-14(6-4-13)28-18-17-15-7-8-26-11-16(15)29-19(17)24-20(23-18)22-12-9-21-27-10-12/h9-10,13-14H,3-8,11H2,1-2H3,(H,22,23,24). The van der Waals surface area contributed by atoms with Crippen LogP contribution in [0.4, 0.5) is 11.6 Å². The highest BCUT2D eigenvalue weighted by molar-refractivity contribution is 7.18. The summed E-state index contributed by atoms with van der Waals surface area (Å²) < 4.78 is 17.0. The Balaban J connectivity index is 1.47. The number of rotatable bonds is 5. The van der Waals surface area contributed by atoms with Crippen molar-refractivity contribution in [3.63, 3.8) is 0 Å². The van der Waals surface area contributed by atoms with Crippen LogP contribution < -0.4 is 10.1 Å². The van der Waals surface area contributed by atoms with Crippen LogP contribution in [0.2, 0.25) is 0 Å². The molecule has 1 N–H and O–H groups in total. The molecule has 0 aromatic carbocycles. The van der Waals surface area contributed by atoms with Crippen LogP contribution in [0.5, 0.6) is 5.88 Å². The second kappa shape index (κ2) is 7.89. The molecule has 4 heterocycles. The molecule has 0 radical (unpaired) electrons. The Labute approximate surface area is 173 Å². The first-order chi connectivity index (χ1) is 14.2. The largest absolute Gasteiger partial charge is 0.474 e. The zero-order valence-electron chi connectivity index (χ0n) is 16.7. The minimum atomic E-state index is 0.183. The van der Waals surface area contributed by atoms with Gasteiger partial charge < -0.3 is 24.2 Å². The van der Waals surface area contributed by atoms with Crippen LogP contribution in [-0.4, -0.2) is 52.9 Å². The Morgan fingerprint density at radius 2 is 2.07 bits per heavy atom. The molecular formula is C20H25N5O3S. The van der Waals surface area contributed by atoms with E-state index in [0.29, 0.717) is 30.2 Å².